The van der Waals surface area contributed by atoms with E-state index in [-0.39, 0.29) is 17.6 Å². The van der Waals surface area contributed by atoms with Crippen LogP contribution >= 0.6 is 11.3 Å². The highest BCUT2D eigenvalue weighted by molar-refractivity contribution is 7.20. The molecule has 0 saturated heterocycles. The number of nitrogens with zero attached hydrogens (tertiary/aromatic N) is 2. The van der Waals surface area contributed by atoms with Crippen molar-refractivity contribution in [3.63, 3.8) is 0 Å². The SMILES string of the molecule is CCCCn1cnc2sc(C(=O)Nc3cccc(C(=O)OC(C)C)c3)c(C)c2c1=O. The molecule has 3 rings (SSSR count). The summed E-state index contributed by atoms with van der Waals surface area (Å²) in [5, 5.41) is 3.29. The predicted molar refractivity (Wildman–Crippen MR) is 118 cm³/mol. The fraction of sp³-hybridized carbons (Fsp3) is 0.364. The van der Waals surface area contributed by atoms with Crippen LogP contribution in [0.1, 0.15) is 59.2 Å². The van der Waals surface area contributed by atoms with Crippen molar-refractivity contribution in [2.75, 3.05) is 5.32 Å². The minimum Gasteiger partial charge on any atom is -0.459 e. The van der Waals surface area contributed by atoms with Crippen LogP contribution in [0.15, 0.2) is 35.4 Å². The topological polar surface area (TPSA) is 90.3 Å². The zero-order chi connectivity index (χ0) is 21.8. The normalized spacial score (nSPS) is 11.1. The first kappa shape index (κ1) is 21.7. The number of unbranched alkanes of at least 4 members (excludes halogenated alkanes) is 1. The Morgan fingerprint density at radius 3 is 2.77 bits per heavy atom. The Hall–Kier alpha value is -3.00. The molecule has 0 unspecified atom stereocenters. The van der Waals surface area contributed by atoms with Crippen molar-refractivity contribution >= 4 is 39.1 Å². The summed E-state index contributed by atoms with van der Waals surface area (Å²) in [6.07, 6.45) is 3.18. The largest absolute Gasteiger partial charge is 0.459 e. The first-order valence-electron chi connectivity index (χ1n) is 9.92. The molecule has 0 radical (unpaired) electrons. The lowest BCUT2D eigenvalue weighted by molar-refractivity contribution is 0.0377. The molecule has 0 aliphatic carbocycles. The number of rotatable bonds is 7. The Labute approximate surface area is 178 Å². The summed E-state index contributed by atoms with van der Waals surface area (Å²) in [6, 6.07) is 6.58. The zero-order valence-electron chi connectivity index (χ0n) is 17.5. The summed E-state index contributed by atoms with van der Waals surface area (Å²) in [5.74, 6) is -0.791. The number of fused-ring (bicyclic) bond motifs is 1. The van der Waals surface area contributed by atoms with Gasteiger partial charge in [0.05, 0.1) is 28.3 Å². The molecule has 30 heavy (non-hydrogen) atoms. The molecule has 2 heterocycles. The number of carbonyl (C=O) groups is 2. The van der Waals surface area contributed by atoms with Gasteiger partial charge < -0.3 is 10.1 Å². The van der Waals surface area contributed by atoms with E-state index in [1.54, 1.807) is 55.9 Å². The maximum Gasteiger partial charge on any atom is 0.338 e. The number of aromatic nitrogens is 2. The monoisotopic (exact) mass is 427 g/mol. The van der Waals surface area contributed by atoms with E-state index in [0.29, 0.717) is 38.5 Å². The van der Waals surface area contributed by atoms with E-state index in [9.17, 15) is 14.4 Å². The summed E-state index contributed by atoms with van der Waals surface area (Å²) < 4.78 is 6.79. The average Bonchev–Trinajstić information content (AvgIpc) is 3.04. The first-order chi connectivity index (χ1) is 14.3. The number of ether oxygens (including phenoxy) is 1. The van der Waals surface area contributed by atoms with Crippen molar-refractivity contribution in [2.45, 2.75) is 53.2 Å². The van der Waals surface area contributed by atoms with Gasteiger partial charge in [-0.1, -0.05) is 19.4 Å². The van der Waals surface area contributed by atoms with Crippen LogP contribution < -0.4 is 10.9 Å². The second-order valence-corrected chi connectivity index (χ2v) is 8.32. The number of carbonyl (C=O) groups excluding carboxylic acids is 2. The van der Waals surface area contributed by atoms with Gasteiger partial charge in [0, 0.05) is 12.2 Å². The molecule has 0 saturated carbocycles. The van der Waals surface area contributed by atoms with E-state index in [1.165, 1.54) is 11.3 Å². The lowest BCUT2D eigenvalue weighted by Crippen LogP contribution is -2.20. The van der Waals surface area contributed by atoms with Gasteiger partial charge in [-0.3, -0.25) is 14.2 Å². The highest BCUT2D eigenvalue weighted by Crippen LogP contribution is 2.28. The van der Waals surface area contributed by atoms with Crippen LogP contribution in [0.2, 0.25) is 0 Å². The predicted octanol–water partition coefficient (Wildman–Crippen LogP) is 4.38. The number of aryl methyl sites for hydroxylation is 2. The van der Waals surface area contributed by atoms with Crippen LogP contribution in [-0.4, -0.2) is 27.5 Å². The van der Waals surface area contributed by atoms with Crippen molar-refractivity contribution < 1.29 is 14.3 Å². The van der Waals surface area contributed by atoms with E-state index in [2.05, 4.69) is 17.2 Å². The molecular formula is C22H25N3O4S. The standard InChI is InChI=1S/C22H25N3O4S/c1-5-6-10-25-12-23-20-17(21(25)27)14(4)18(30-20)19(26)24-16-9-7-8-15(11-16)22(28)29-13(2)3/h7-9,11-13H,5-6,10H2,1-4H3,(H,24,26). The molecule has 1 amide bonds. The fourth-order valence-electron chi connectivity index (χ4n) is 3.06. The number of hydrogen-bond acceptors (Lipinski definition) is 6. The van der Waals surface area contributed by atoms with E-state index >= 15 is 0 Å². The van der Waals surface area contributed by atoms with Gasteiger partial charge in [0.25, 0.3) is 11.5 Å². The van der Waals surface area contributed by atoms with Crippen LogP contribution in [0.25, 0.3) is 10.2 Å². The Morgan fingerprint density at radius 1 is 1.30 bits per heavy atom. The molecule has 8 heteroatoms. The first-order valence-corrected chi connectivity index (χ1v) is 10.7. The van der Waals surface area contributed by atoms with Crippen molar-refractivity contribution in [1.82, 2.24) is 9.55 Å². The molecule has 1 aromatic carbocycles. The highest BCUT2D eigenvalue weighted by atomic mass is 32.1. The quantitative estimate of drug-likeness (QED) is 0.565. The third-order valence-corrected chi connectivity index (χ3v) is 5.77. The number of amides is 1. The maximum absolute atomic E-state index is 12.9. The second-order valence-electron chi connectivity index (χ2n) is 7.32. The molecule has 0 spiro atoms. The molecule has 1 N–H and O–H groups in total. The third-order valence-electron chi connectivity index (χ3n) is 4.57. The maximum atomic E-state index is 12.9. The van der Waals surface area contributed by atoms with E-state index < -0.39 is 5.97 Å². The molecule has 7 nitrogen and oxygen atoms in total. The molecule has 158 valence electrons. The zero-order valence-corrected chi connectivity index (χ0v) is 18.3. The Kier molecular flexibility index (Phi) is 6.66. The van der Waals surface area contributed by atoms with Crippen LogP contribution in [-0.2, 0) is 11.3 Å². The highest BCUT2D eigenvalue weighted by Gasteiger charge is 2.20. The van der Waals surface area contributed by atoms with Crippen LogP contribution in [0.3, 0.4) is 0 Å². The Bertz CT molecular complexity index is 1150. The second kappa shape index (κ2) is 9.21. The minimum atomic E-state index is -0.448. The number of nitrogens with one attached hydrogen (secondary N) is 1. The summed E-state index contributed by atoms with van der Waals surface area (Å²) in [6.45, 7) is 7.98. The fourth-order valence-corrected chi connectivity index (χ4v) is 4.09. The number of anilines is 1. The third kappa shape index (κ3) is 4.59. The smallest absolute Gasteiger partial charge is 0.338 e. The van der Waals surface area contributed by atoms with Crippen molar-refractivity contribution in [3.05, 3.63) is 57.0 Å². The number of esters is 1. The minimum absolute atomic E-state index is 0.125. The summed E-state index contributed by atoms with van der Waals surface area (Å²) in [5.41, 5.74) is 1.32. The number of hydrogen-bond donors (Lipinski definition) is 1. The van der Waals surface area contributed by atoms with Gasteiger partial charge in [-0.25, -0.2) is 9.78 Å². The van der Waals surface area contributed by atoms with Gasteiger partial charge in [-0.2, -0.15) is 0 Å². The molecule has 2 aromatic heterocycles. The molecule has 0 atom stereocenters. The van der Waals surface area contributed by atoms with Gasteiger partial charge in [-0.15, -0.1) is 11.3 Å². The number of benzene rings is 1. The Balaban J connectivity index is 1.87. The van der Waals surface area contributed by atoms with Crippen molar-refractivity contribution in [2.24, 2.45) is 0 Å². The van der Waals surface area contributed by atoms with Gasteiger partial charge in [0.1, 0.15) is 4.83 Å². The molecule has 0 bridgehead atoms. The van der Waals surface area contributed by atoms with Crippen LogP contribution in [0.5, 0.6) is 0 Å². The number of thiophene rings is 1. The van der Waals surface area contributed by atoms with Gasteiger partial charge >= 0.3 is 5.97 Å². The van der Waals surface area contributed by atoms with Gasteiger partial charge in [-0.05, 0) is 51.0 Å². The van der Waals surface area contributed by atoms with Crippen LogP contribution in [0, 0.1) is 6.92 Å². The molecule has 0 fully saturated rings. The lowest BCUT2D eigenvalue weighted by atomic mass is 10.2. The van der Waals surface area contributed by atoms with Gasteiger partial charge in [0.2, 0.25) is 0 Å². The average molecular weight is 428 g/mol. The Morgan fingerprint density at radius 2 is 2.07 bits per heavy atom. The van der Waals surface area contributed by atoms with E-state index in [4.69, 9.17) is 4.74 Å². The molecule has 3 aromatic rings. The molecule has 0 aliphatic heterocycles. The summed E-state index contributed by atoms with van der Waals surface area (Å²) in [7, 11) is 0. The molecule has 0 aliphatic rings. The van der Waals surface area contributed by atoms with Crippen molar-refractivity contribution in [1.29, 1.82) is 0 Å². The van der Waals surface area contributed by atoms with E-state index in [1.807, 2.05) is 0 Å². The van der Waals surface area contributed by atoms with E-state index in [0.717, 1.165) is 12.8 Å². The lowest BCUT2D eigenvalue weighted by Gasteiger charge is -2.09. The van der Waals surface area contributed by atoms with Crippen molar-refractivity contribution in [3.8, 4) is 0 Å². The summed E-state index contributed by atoms with van der Waals surface area (Å²) in [4.78, 5) is 43.1. The van der Waals surface area contributed by atoms with Crippen LogP contribution in [0.4, 0.5) is 5.69 Å². The van der Waals surface area contributed by atoms with Gasteiger partial charge in [0.15, 0.2) is 0 Å². The molecular weight excluding hydrogens is 402 g/mol. The summed E-state index contributed by atoms with van der Waals surface area (Å²) >= 11 is 1.19.